The molecule has 0 fully saturated rings. The van der Waals surface area contributed by atoms with Crippen LogP contribution in [-0.2, 0) is 6.18 Å². The first-order chi connectivity index (χ1) is 8.02. The van der Waals surface area contributed by atoms with Crippen molar-refractivity contribution >= 4 is 22.8 Å². The maximum atomic E-state index is 12.3. The predicted molar refractivity (Wildman–Crippen MR) is 52.8 cm³/mol. The van der Waals surface area contributed by atoms with E-state index in [-0.39, 0.29) is 18.3 Å². The topological polar surface area (TPSA) is 76.9 Å². The molecular weight excluding hydrogens is 261 g/mol. The van der Waals surface area contributed by atoms with E-state index < -0.39 is 11.2 Å². The molecule has 0 bridgehead atoms. The van der Waals surface area contributed by atoms with Gasteiger partial charge in [0.2, 0.25) is 10.1 Å². The highest BCUT2D eigenvalue weighted by Crippen LogP contribution is 2.34. The quantitative estimate of drug-likeness (QED) is 0.805. The smallest absolute Gasteiger partial charge is 0.394 e. The summed E-state index contributed by atoms with van der Waals surface area (Å²) >= 11 is 0.380. The first-order valence-electron chi connectivity index (χ1n) is 4.39. The van der Waals surface area contributed by atoms with Gasteiger partial charge in [-0.25, -0.2) is 5.01 Å². The molecule has 0 saturated carbocycles. The Morgan fingerprint density at radius 2 is 2.18 bits per heavy atom. The van der Waals surface area contributed by atoms with Crippen LogP contribution < -0.4 is 10.7 Å². The van der Waals surface area contributed by atoms with Gasteiger partial charge in [0.1, 0.15) is 6.34 Å². The van der Waals surface area contributed by atoms with E-state index in [1.54, 1.807) is 0 Å². The minimum atomic E-state index is -4.52. The van der Waals surface area contributed by atoms with Gasteiger partial charge in [0.05, 0.1) is 13.2 Å². The molecule has 0 unspecified atom stereocenters. The van der Waals surface area contributed by atoms with E-state index in [0.29, 0.717) is 11.3 Å². The molecule has 1 aliphatic rings. The molecule has 0 saturated heterocycles. The summed E-state index contributed by atoms with van der Waals surface area (Å²) in [6.07, 6.45) is -3.19. The molecule has 0 atom stereocenters. The van der Waals surface area contributed by atoms with Gasteiger partial charge in [0.25, 0.3) is 0 Å². The predicted octanol–water partition coefficient (Wildman–Crippen LogP) is 0.0341. The summed E-state index contributed by atoms with van der Waals surface area (Å²) in [6.45, 7) is 0.00651. The number of rotatable bonds is 3. The SMILES string of the molecule is OCCN1C=NNN1c1nnc(C(F)(F)F)s1. The summed E-state index contributed by atoms with van der Waals surface area (Å²) in [5.74, 6) is 0. The van der Waals surface area contributed by atoms with Crippen LogP contribution >= 0.6 is 11.3 Å². The van der Waals surface area contributed by atoms with E-state index in [1.165, 1.54) is 16.5 Å². The van der Waals surface area contributed by atoms with Crippen molar-refractivity contribution in [2.45, 2.75) is 6.18 Å². The van der Waals surface area contributed by atoms with Crippen molar-refractivity contribution in [3.8, 4) is 0 Å². The van der Waals surface area contributed by atoms with E-state index in [0.717, 1.165) is 0 Å². The molecule has 0 amide bonds. The van der Waals surface area contributed by atoms with Crippen molar-refractivity contribution in [1.82, 2.24) is 20.7 Å². The highest BCUT2D eigenvalue weighted by Gasteiger charge is 2.37. The molecule has 11 heteroatoms. The average molecular weight is 268 g/mol. The van der Waals surface area contributed by atoms with Crippen LogP contribution in [0.3, 0.4) is 0 Å². The lowest BCUT2D eigenvalue weighted by Gasteiger charge is -2.23. The van der Waals surface area contributed by atoms with Gasteiger partial charge in [0.15, 0.2) is 0 Å². The lowest BCUT2D eigenvalue weighted by atomic mass is 10.7. The van der Waals surface area contributed by atoms with Crippen LogP contribution in [0.1, 0.15) is 5.01 Å². The molecule has 0 aromatic carbocycles. The van der Waals surface area contributed by atoms with E-state index in [1.807, 2.05) is 0 Å². The van der Waals surface area contributed by atoms with Gasteiger partial charge in [0, 0.05) is 0 Å². The molecular formula is C6H7F3N6OS. The van der Waals surface area contributed by atoms with Crippen molar-refractivity contribution in [3.63, 3.8) is 0 Å². The van der Waals surface area contributed by atoms with Crippen LogP contribution in [0.4, 0.5) is 18.3 Å². The number of hydrazine groups is 2. The van der Waals surface area contributed by atoms with Gasteiger partial charge in [-0.3, -0.25) is 0 Å². The van der Waals surface area contributed by atoms with Gasteiger partial charge in [-0.1, -0.05) is 11.3 Å². The molecule has 0 spiro atoms. The van der Waals surface area contributed by atoms with Crippen molar-refractivity contribution in [2.75, 3.05) is 18.3 Å². The second-order valence-corrected chi connectivity index (χ2v) is 3.89. The fourth-order valence-corrected chi connectivity index (χ4v) is 1.77. The standard InChI is InChI=1S/C6H7F3N6OS/c7-6(8,9)4-11-12-5(17-4)15-13-10-3-14(15)1-2-16/h3,13,16H,1-2H2. The average Bonchev–Trinajstić information content (AvgIpc) is 2.82. The van der Waals surface area contributed by atoms with E-state index in [4.69, 9.17) is 5.11 Å². The number of hydrogen-bond donors (Lipinski definition) is 2. The van der Waals surface area contributed by atoms with Crippen molar-refractivity contribution in [2.24, 2.45) is 5.10 Å². The highest BCUT2D eigenvalue weighted by molar-refractivity contribution is 7.15. The highest BCUT2D eigenvalue weighted by atomic mass is 32.1. The number of anilines is 1. The third kappa shape index (κ3) is 2.39. The van der Waals surface area contributed by atoms with Crippen molar-refractivity contribution < 1.29 is 18.3 Å². The number of aromatic nitrogens is 2. The number of nitrogens with one attached hydrogen (secondary N) is 1. The Labute approximate surface area is 97.1 Å². The molecule has 2 rings (SSSR count). The molecule has 2 heterocycles. The number of aliphatic hydroxyl groups excluding tert-OH is 1. The number of halogens is 3. The Kier molecular flexibility index (Phi) is 3.02. The first kappa shape index (κ1) is 11.9. The zero-order valence-corrected chi connectivity index (χ0v) is 9.03. The van der Waals surface area contributed by atoms with Gasteiger partial charge >= 0.3 is 6.18 Å². The second kappa shape index (κ2) is 4.33. The number of nitrogens with zero attached hydrogens (tertiary/aromatic N) is 5. The molecule has 1 aromatic rings. The van der Waals surface area contributed by atoms with E-state index in [2.05, 4.69) is 20.8 Å². The van der Waals surface area contributed by atoms with Crippen LogP contribution in [0.5, 0.6) is 0 Å². The summed E-state index contributed by atoms with van der Waals surface area (Å²) in [5.41, 5.74) is 2.43. The first-order valence-corrected chi connectivity index (χ1v) is 5.21. The fourth-order valence-electron chi connectivity index (χ4n) is 1.08. The molecule has 0 radical (unpaired) electrons. The Morgan fingerprint density at radius 1 is 1.41 bits per heavy atom. The minimum Gasteiger partial charge on any atom is -0.394 e. The number of hydrazone groups is 1. The summed E-state index contributed by atoms with van der Waals surface area (Å²) in [5, 5.41) is 20.3. The Bertz CT molecular complexity index is 420. The van der Waals surface area contributed by atoms with Crippen molar-refractivity contribution in [1.29, 1.82) is 0 Å². The normalized spacial score (nSPS) is 15.5. The Morgan fingerprint density at radius 3 is 2.76 bits per heavy atom. The summed E-state index contributed by atoms with van der Waals surface area (Å²) < 4.78 is 37.0. The third-order valence-electron chi connectivity index (χ3n) is 1.77. The molecule has 1 aromatic heterocycles. The van der Waals surface area contributed by atoms with Crippen LogP contribution in [-0.4, -0.2) is 39.8 Å². The molecule has 2 N–H and O–H groups in total. The maximum absolute atomic E-state index is 12.3. The number of hydrogen-bond acceptors (Lipinski definition) is 8. The zero-order valence-electron chi connectivity index (χ0n) is 8.22. The van der Waals surface area contributed by atoms with Crippen molar-refractivity contribution in [3.05, 3.63) is 5.01 Å². The third-order valence-corrected chi connectivity index (χ3v) is 2.71. The van der Waals surface area contributed by atoms with Crippen LogP contribution in [0.25, 0.3) is 0 Å². The van der Waals surface area contributed by atoms with Crippen LogP contribution in [0, 0.1) is 0 Å². The number of alkyl halides is 3. The van der Waals surface area contributed by atoms with Crippen LogP contribution in [0.15, 0.2) is 5.10 Å². The van der Waals surface area contributed by atoms with Gasteiger partial charge in [-0.15, -0.1) is 20.4 Å². The molecule has 1 aliphatic heterocycles. The molecule has 94 valence electrons. The van der Waals surface area contributed by atoms with Crippen LogP contribution in [0.2, 0.25) is 0 Å². The summed E-state index contributed by atoms with van der Waals surface area (Å²) in [6, 6.07) is 0. The van der Waals surface area contributed by atoms with Gasteiger partial charge in [-0.2, -0.15) is 18.7 Å². The largest absolute Gasteiger partial charge is 0.445 e. The molecule has 0 aliphatic carbocycles. The second-order valence-electron chi connectivity index (χ2n) is 2.93. The van der Waals surface area contributed by atoms with Gasteiger partial charge in [-0.05, 0) is 0 Å². The Hall–Kier alpha value is -1.62. The summed E-state index contributed by atoms with van der Waals surface area (Å²) in [7, 11) is 0. The van der Waals surface area contributed by atoms with E-state index >= 15 is 0 Å². The van der Waals surface area contributed by atoms with E-state index in [9.17, 15) is 13.2 Å². The zero-order chi connectivity index (χ0) is 12.5. The lowest BCUT2D eigenvalue weighted by molar-refractivity contribution is -0.138. The monoisotopic (exact) mass is 268 g/mol. The molecule has 7 nitrogen and oxygen atoms in total. The minimum absolute atomic E-state index is 0.0109. The summed E-state index contributed by atoms with van der Waals surface area (Å²) in [4.78, 5) is 0. The molecule has 17 heavy (non-hydrogen) atoms. The number of aliphatic hydroxyl groups is 1. The van der Waals surface area contributed by atoms with Gasteiger partial charge < -0.3 is 5.11 Å². The Balaban J connectivity index is 2.15. The number of β-amino-alcohol motifs (C(OH)–C–C–N with tert-alkyl or cyclic N) is 1. The lowest BCUT2D eigenvalue weighted by Crippen LogP contribution is -2.44. The fraction of sp³-hybridized carbons (Fsp3) is 0.500. The maximum Gasteiger partial charge on any atom is 0.445 e.